The highest BCUT2D eigenvalue weighted by Crippen LogP contribution is 2.12. The molecule has 9 heavy (non-hydrogen) atoms. The molecule has 1 aliphatic heterocycles. The van der Waals surface area contributed by atoms with Gasteiger partial charge in [-0.3, -0.25) is 4.99 Å². The van der Waals surface area contributed by atoms with Crippen LogP contribution in [0.4, 0.5) is 0 Å². The van der Waals surface area contributed by atoms with Crippen LogP contribution in [0, 0.1) is 0 Å². The van der Waals surface area contributed by atoms with E-state index in [4.69, 9.17) is 5.11 Å². The topological polar surface area (TPSA) is 49.7 Å². The Labute approximate surface area is 53.4 Å². The molecule has 1 rings (SSSR count). The quantitative estimate of drug-likeness (QED) is 0.563. The molecule has 0 aromatic heterocycles. The summed E-state index contributed by atoms with van der Waals surface area (Å²) >= 11 is 0. The first kappa shape index (κ1) is 6.26. The van der Waals surface area contributed by atoms with Crippen LogP contribution in [0.15, 0.2) is 4.99 Å². The lowest BCUT2D eigenvalue weighted by Gasteiger charge is -1.94. The van der Waals surface area contributed by atoms with E-state index in [0.717, 1.165) is 12.1 Å². The first-order valence-corrected chi connectivity index (χ1v) is 2.96. The molecule has 3 nitrogen and oxygen atoms in total. The number of nitrogens with zero attached hydrogens (tertiary/aromatic N) is 1. The van der Waals surface area contributed by atoms with Crippen molar-refractivity contribution in [3.05, 3.63) is 0 Å². The summed E-state index contributed by atoms with van der Waals surface area (Å²) in [6.07, 6.45) is 1.53. The van der Waals surface area contributed by atoms with E-state index in [1.165, 1.54) is 0 Å². The normalized spacial score (nSPS) is 25.9. The van der Waals surface area contributed by atoms with Gasteiger partial charge in [0.2, 0.25) is 0 Å². The van der Waals surface area contributed by atoms with E-state index >= 15 is 0 Å². The molecular formula is C6H9NO2. The van der Waals surface area contributed by atoms with Crippen LogP contribution < -0.4 is 0 Å². The van der Waals surface area contributed by atoms with Gasteiger partial charge in [0.1, 0.15) is 6.04 Å². The molecule has 1 N–H and O–H groups in total. The minimum absolute atomic E-state index is 0.454. The van der Waals surface area contributed by atoms with Crippen LogP contribution in [0.25, 0.3) is 0 Å². The first-order valence-electron chi connectivity index (χ1n) is 2.96. The van der Waals surface area contributed by atoms with Gasteiger partial charge in [-0.25, -0.2) is 4.79 Å². The van der Waals surface area contributed by atoms with Crippen LogP contribution in [0.3, 0.4) is 0 Å². The third kappa shape index (κ3) is 1.28. The van der Waals surface area contributed by atoms with Crippen LogP contribution in [0.2, 0.25) is 0 Å². The molecule has 0 fully saturated rings. The van der Waals surface area contributed by atoms with E-state index < -0.39 is 12.0 Å². The van der Waals surface area contributed by atoms with Gasteiger partial charge >= 0.3 is 5.97 Å². The van der Waals surface area contributed by atoms with Gasteiger partial charge in [-0.15, -0.1) is 0 Å². The Morgan fingerprint density at radius 2 is 2.56 bits per heavy atom. The van der Waals surface area contributed by atoms with E-state index in [2.05, 4.69) is 4.99 Å². The lowest BCUT2D eigenvalue weighted by molar-refractivity contribution is -0.138. The zero-order valence-corrected chi connectivity index (χ0v) is 5.29. The number of aliphatic carboxylic acids is 1. The molecular weight excluding hydrogens is 118 g/mol. The fraction of sp³-hybridized carbons (Fsp3) is 0.667. The number of carboxylic acid groups (broad SMARTS) is 1. The monoisotopic (exact) mass is 127 g/mol. The Balaban J connectivity index is 2.57. The molecule has 0 aromatic carbocycles. The summed E-state index contributed by atoms with van der Waals surface area (Å²) in [5.41, 5.74) is 0.961. The Morgan fingerprint density at radius 1 is 1.89 bits per heavy atom. The SMILES string of the molecule is CC1=N[C@@H](C(=O)O)CC1. The molecule has 1 aliphatic rings. The summed E-state index contributed by atoms with van der Waals surface area (Å²) in [4.78, 5) is 14.1. The van der Waals surface area contributed by atoms with Crippen LogP contribution in [0.5, 0.6) is 0 Å². The average molecular weight is 127 g/mol. The summed E-state index contributed by atoms with van der Waals surface area (Å²) in [6, 6.07) is -0.454. The zero-order valence-electron chi connectivity index (χ0n) is 5.29. The highest BCUT2D eigenvalue weighted by Gasteiger charge is 2.20. The van der Waals surface area contributed by atoms with Crippen molar-refractivity contribution in [3.8, 4) is 0 Å². The second-order valence-electron chi connectivity index (χ2n) is 2.26. The van der Waals surface area contributed by atoms with Gasteiger partial charge in [-0.1, -0.05) is 0 Å². The van der Waals surface area contributed by atoms with E-state index in [9.17, 15) is 4.79 Å². The van der Waals surface area contributed by atoms with Crippen LogP contribution in [0.1, 0.15) is 19.8 Å². The Morgan fingerprint density at radius 3 is 2.78 bits per heavy atom. The predicted molar refractivity (Wildman–Crippen MR) is 33.8 cm³/mol. The molecule has 0 saturated carbocycles. The maximum Gasteiger partial charge on any atom is 0.328 e. The molecule has 0 saturated heterocycles. The Hall–Kier alpha value is -0.860. The molecule has 0 unspecified atom stereocenters. The zero-order chi connectivity index (χ0) is 6.85. The summed E-state index contributed by atoms with van der Waals surface area (Å²) in [5.74, 6) is -0.799. The van der Waals surface area contributed by atoms with E-state index in [0.29, 0.717) is 6.42 Å². The van der Waals surface area contributed by atoms with E-state index in [-0.39, 0.29) is 0 Å². The number of aliphatic imine (C=N–C) groups is 1. The molecule has 0 radical (unpaired) electrons. The smallest absolute Gasteiger partial charge is 0.328 e. The maximum absolute atomic E-state index is 10.2. The number of hydrogen-bond donors (Lipinski definition) is 1. The van der Waals surface area contributed by atoms with Crippen molar-refractivity contribution in [2.45, 2.75) is 25.8 Å². The van der Waals surface area contributed by atoms with Crippen LogP contribution >= 0.6 is 0 Å². The van der Waals surface area contributed by atoms with Crippen LogP contribution in [-0.4, -0.2) is 22.8 Å². The molecule has 1 heterocycles. The van der Waals surface area contributed by atoms with Crippen molar-refractivity contribution in [3.63, 3.8) is 0 Å². The lowest BCUT2D eigenvalue weighted by Crippen LogP contribution is -2.13. The molecule has 1 atom stereocenters. The van der Waals surface area contributed by atoms with Gasteiger partial charge in [0.05, 0.1) is 0 Å². The second kappa shape index (κ2) is 2.17. The van der Waals surface area contributed by atoms with Gasteiger partial charge in [0, 0.05) is 5.71 Å². The fourth-order valence-corrected chi connectivity index (χ4v) is 0.919. The number of carbonyl (C=O) groups is 1. The lowest BCUT2D eigenvalue weighted by atomic mass is 10.2. The number of rotatable bonds is 1. The van der Waals surface area contributed by atoms with Crippen molar-refractivity contribution < 1.29 is 9.90 Å². The molecule has 0 amide bonds. The van der Waals surface area contributed by atoms with Gasteiger partial charge < -0.3 is 5.11 Å². The molecule has 3 heteroatoms. The van der Waals surface area contributed by atoms with Gasteiger partial charge in [-0.05, 0) is 19.8 Å². The highest BCUT2D eigenvalue weighted by molar-refractivity contribution is 5.88. The molecule has 50 valence electrons. The summed E-state index contributed by atoms with van der Waals surface area (Å²) in [7, 11) is 0. The van der Waals surface area contributed by atoms with Crippen molar-refractivity contribution in [2.24, 2.45) is 4.99 Å². The standard InChI is InChI=1S/C6H9NO2/c1-4-2-3-5(7-4)6(8)9/h5H,2-3H2,1H3,(H,8,9)/t5-/m1/s1. The highest BCUT2D eigenvalue weighted by atomic mass is 16.4. The molecule has 0 bridgehead atoms. The van der Waals surface area contributed by atoms with Gasteiger partial charge in [0.25, 0.3) is 0 Å². The Bertz CT molecular complexity index is 162. The van der Waals surface area contributed by atoms with Gasteiger partial charge in [0.15, 0.2) is 0 Å². The summed E-state index contributed by atoms with van der Waals surface area (Å²) in [6.45, 7) is 1.86. The molecule has 0 spiro atoms. The molecule has 0 aliphatic carbocycles. The predicted octanol–water partition coefficient (Wildman–Crippen LogP) is 0.694. The summed E-state index contributed by atoms with van der Waals surface area (Å²) < 4.78 is 0. The third-order valence-corrected chi connectivity index (χ3v) is 1.44. The van der Waals surface area contributed by atoms with Crippen molar-refractivity contribution in [2.75, 3.05) is 0 Å². The fourth-order valence-electron chi connectivity index (χ4n) is 0.919. The maximum atomic E-state index is 10.2. The first-order chi connectivity index (χ1) is 4.20. The van der Waals surface area contributed by atoms with Crippen LogP contribution in [-0.2, 0) is 4.79 Å². The van der Waals surface area contributed by atoms with Gasteiger partial charge in [-0.2, -0.15) is 0 Å². The number of hydrogen-bond acceptors (Lipinski definition) is 2. The second-order valence-corrected chi connectivity index (χ2v) is 2.26. The summed E-state index contributed by atoms with van der Waals surface area (Å²) in [5, 5.41) is 8.42. The van der Waals surface area contributed by atoms with Crippen molar-refractivity contribution >= 4 is 11.7 Å². The molecule has 0 aromatic rings. The van der Waals surface area contributed by atoms with E-state index in [1.807, 2.05) is 6.92 Å². The minimum atomic E-state index is -0.799. The van der Waals surface area contributed by atoms with Crippen molar-refractivity contribution in [1.82, 2.24) is 0 Å². The average Bonchev–Trinajstić information content (AvgIpc) is 2.14. The third-order valence-electron chi connectivity index (χ3n) is 1.44. The van der Waals surface area contributed by atoms with E-state index in [1.54, 1.807) is 0 Å². The van der Waals surface area contributed by atoms with Crippen molar-refractivity contribution in [1.29, 1.82) is 0 Å². The minimum Gasteiger partial charge on any atom is -0.480 e. The number of carboxylic acids is 1. The largest absolute Gasteiger partial charge is 0.480 e. The Kier molecular flexibility index (Phi) is 1.51.